The summed E-state index contributed by atoms with van der Waals surface area (Å²) in [6.07, 6.45) is 1.30. The van der Waals surface area contributed by atoms with Crippen LogP contribution in [0.15, 0.2) is 0 Å². The van der Waals surface area contributed by atoms with E-state index >= 15 is 0 Å². The summed E-state index contributed by atoms with van der Waals surface area (Å²) in [5, 5.41) is 0. The molecule has 1 aliphatic heterocycles. The number of hydrogen-bond acceptors (Lipinski definition) is 2. The predicted molar refractivity (Wildman–Crippen MR) is 47.7 cm³/mol. The summed E-state index contributed by atoms with van der Waals surface area (Å²) in [6.45, 7) is 2.37. The zero-order valence-corrected chi connectivity index (χ0v) is 8.13. The van der Waals surface area contributed by atoms with Gasteiger partial charge in [-0.05, 0) is 20.5 Å². The summed E-state index contributed by atoms with van der Waals surface area (Å²) in [5.41, 5.74) is 0. The van der Waals surface area contributed by atoms with Gasteiger partial charge in [-0.25, -0.2) is 0 Å². The lowest BCUT2D eigenvalue weighted by Gasteiger charge is -2.34. The third-order valence-corrected chi connectivity index (χ3v) is 3.27. The molecule has 3 heteroatoms. The van der Waals surface area contributed by atoms with Crippen LogP contribution in [0.5, 0.6) is 0 Å². The van der Waals surface area contributed by atoms with Crippen LogP contribution in [0.25, 0.3) is 0 Å². The van der Waals surface area contributed by atoms with Gasteiger partial charge in [0.1, 0.15) is 0 Å². The maximum atomic E-state index is 2.49. The second kappa shape index (κ2) is 3.16. The lowest BCUT2D eigenvalue weighted by atomic mass is 10.3. The minimum absolute atomic E-state index is 0.749. The molecule has 0 N–H and O–H groups in total. The summed E-state index contributed by atoms with van der Waals surface area (Å²) in [7, 11) is 4.34. The van der Waals surface area contributed by atoms with E-state index in [1.54, 1.807) is 0 Å². The third-order valence-electron chi connectivity index (χ3n) is 1.69. The standard InChI is InChI=1S/C6H13IN2/c1-8-4-3-6(7)9(2)5-8/h6H,3-5H2,1-2H3. The fraction of sp³-hybridized carbons (Fsp3) is 1.00. The molecule has 0 radical (unpaired) electrons. The van der Waals surface area contributed by atoms with E-state index in [4.69, 9.17) is 0 Å². The molecule has 1 atom stereocenters. The van der Waals surface area contributed by atoms with E-state index in [1.165, 1.54) is 13.0 Å². The number of nitrogens with zero attached hydrogens (tertiary/aromatic N) is 2. The molecule has 1 fully saturated rings. The van der Waals surface area contributed by atoms with Gasteiger partial charge < -0.3 is 0 Å². The second-order valence-electron chi connectivity index (χ2n) is 2.70. The van der Waals surface area contributed by atoms with E-state index in [0.29, 0.717) is 0 Å². The van der Waals surface area contributed by atoms with Gasteiger partial charge >= 0.3 is 0 Å². The Balaban J connectivity index is 2.35. The van der Waals surface area contributed by atoms with E-state index < -0.39 is 0 Å². The van der Waals surface area contributed by atoms with Crippen molar-refractivity contribution in [3.05, 3.63) is 0 Å². The Hall–Kier alpha value is 0.650. The summed E-state index contributed by atoms with van der Waals surface area (Å²) >= 11 is 2.49. The Morgan fingerprint density at radius 1 is 1.44 bits per heavy atom. The van der Waals surface area contributed by atoms with E-state index in [2.05, 4.69) is 46.5 Å². The molecular formula is C6H13IN2. The largest absolute Gasteiger partial charge is 0.293 e. The normalized spacial score (nSPS) is 33.0. The smallest absolute Gasteiger partial charge is 0.0638 e. The first-order valence-corrected chi connectivity index (χ1v) is 4.47. The molecule has 1 unspecified atom stereocenters. The molecule has 1 saturated heterocycles. The molecule has 2 nitrogen and oxygen atoms in total. The molecule has 1 rings (SSSR count). The number of hydrogen-bond donors (Lipinski definition) is 0. The lowest BCUT2D eigenvalue weighted by Crippen LogP contribution is -2.44. The van der Waals surface area contributed by atoms with Gasteiger partial charge in [0.15, 0.2) is 0 Å². The highest BCUT2D eigenvalue weighted by Gasteiger charge is 2.17. The first-order valence-electron chi connectivity index (χ1n) is 3.23. The highest BCUT2D eigenvalue weighted by Crippen LogP contribution is 2.15. The Morgan fingerprint density at radius 2 is 2.11 bits per heavy atom. The summed E-state index contributed by atoms with van der Waals surface area (Å²) < 4.78 is 0.749. The van der Waals surface area contributed by atoms with Crippen molar-refractivity contribution >= 4 is 22.6 Å². The van der Waals surface area contributed by atoms with Gasteiger partial charge in [-0.2, -0.15) is 0 Å². The second-order valence-corrected chi connectivity index (χ2v) is 4.14. The molecule has 0 aromatic carbocycles. The molecule has 0 saturated carbocycles. The van der Waals surface area contributed by atoms with E-state index in [9.17, 15) is 0 Å². The van der Waals surface area contributed by atoms with Crippen LogP contribution in [0.1, 0.15) is 6.42 Å². The minimum atomic E-state index is 0.749. The van der Waals surface area contributed by atoms with Crippen LogP contribution in [-0.4, -0.2) is 41.2 Å². The summed E-state index contributed by atoms with van der Waals surface area (Å²) in [4.78, 5) is 4.71. The van der Waals surface area contributed by atoms with Gasteiger partial charge in [-0.3, -0.25) is 9.80 Å². The van der Waals surface area contributed by atoms with Crippen molar-refractivity contribution < 1.29 is 0 Å². The van der Waals surface area contributed by atoms with Gasteiger partial charge in [0, 0.05) is 6.54 Å². The third kappa shape index (κ3) is 2.05. The van der Waals surface area contributed by atoms with Crippen molar-refractivity contribution in [2.24, 2.45) is 0 Å². The van der Waals surface area contributed by atoms with E-state index in [0.717, 1.165) is 10.7 Å². The molecule has 0 amide bonds. The molecule has 1 aliphatic rings. The fourth-order valence-electron chi connectivity index (χ4n) is 1.09. The average Bonchev–Trinajstić information content (AvgIpc) is 1.80. The summed E-state index contributed by atoms with van der Waals surface area (Å²) in [6, 6.07) is 0. The maximum Gasteiger partial charge on any atom is 0.0638 e. The van der Waals surface area contributed by atoms with Gasteiger partial charge in [-0.15, -0.1) is 0 Å². The zero-order valence-electron chi connectivity index (χ0n) is 5.97. The maximum absolute atomic E-state index is 2.49. The van der Waals surface area contributed by atoms with Crippen molar-refractivity contribution in [1.29, 1.82) is 0 Å². The molecular weight excluding hydrogens is 227 g/mol. The first kappa shape index (κ1) is 7.75. The highest BCUT2D eigenvalue weighted by atomic mass is 127. The monoisotopic (exact) mass is 240 g/mol. The predicted octanol–water partition coefficient (Wildman–Crippen LogP) is 0.972. The van der Waals surface area contributed by atoms with Gasteiger partial charge in [0.05, 0.1) is 10.7 Å². The molecule has 0 aromatic heterocycles. The molecule has 0 spiro atoms. The van der Waals surface area contributed by atoms with Crippen LogP contribution in [0, 0.1) is 0 Å². The quantitative estimate of drug-likeness (QED) is 0.353. The molecule has 0 aliphatic carbocycles. The van der Waals surface area contributed by atoms with Crippen LogP contribution in [-0.2, 0) is 0 Å². The van der Waals surface area contributed by atoms with Crippen molar-refractivity contribution in [3.63, 3.8) is 0 Å². The Kier molecular flexibility index (Phi) is 2.73. The van der Waals surface area contributed by atoms with Crippen molar-refractivity contribution in [1.82, 2.24) is 9.80 Å². The number of alkyl halides is 1. The minimum Gasteiger partial charge on any atom is -0.293 e. The first-order chi connectivity index (χ1) is 4.20. The van der Waals surface area contributed by atoms with Crippen LogP contribution >= 0.6 is 22.6 Å². The van der Waals surface area contributed by atoms with Crippen LogP contribution < -0.4 is 0 Å². The molecule has 1 heterocycles. The number of rotatable bonds is 0. The topological polar surface area (TPSA) is 6.48 Å². The van der Waals surface area contributed by atoms with Crippen molar-refractivity contribution in [2.75, 3.05) is 27.3 Å². The molecule has 0 bridgehead atoms. The number of halogens is 1. The van der Waals surface area contributed by atoms with Gasteiger partial charge in [0.2, 0.25) is 0 Å². The van der Waals surface area contributed by atoms with Crippen LogP contribution in [0.3, 0.4) is 0 Å². The Morgan fingerprint density at radius 3 is 2.56 bits per heavy atom. The fourth-order valence-corrected chi connectivity index (χ4v) is 1.54. The van der Waals surface area contributed by atoms with Crippen LogP contribution in [0.4, 0.5) is 0 Å². The van der Waals surface area contributed by atoms with E-state index in [-0.39, 0.29) is 0 Å². The Bertz CT molecular complexity index is 97.1. The lowest BCUT2D eigenvalue weighted by molar-refractivity contribution is 0.125. The van der Waals surface area contributed by atoms with Gasteiger partial charge in [0.25, 0.3) is 0 Å². The highest BCUT2D eigenvalue weighted by molar-refractivity contribution is 14.1. The Labute approximate surface area is 70.3 Å². The van der Waals surface area contributed by atoms with Crippen molar-refractivity contribution in [3.8, 4) is 0 Å². The van der Waals surface area contributed by atoms with Crippen molar-refractivity contribution in [2.45, 2.75) is 10.5 Å². The average molecular weight is 240 g/mol. The van der Waals surface area contributed by atoms with Crippen LogP contribution in [0.2, 0.25) is 0 Å². The summed E-state index contributed by atoms with van der Waals surface area (Å²) in [5.74, 6) is 0. The van der Waals surface area contributed by atoms with Gasteiger partial charge in [-0.1, -0.05) is 22.6 Å². The molecule has 9 heavy (non-hydrogen) atoms. The zero-order chi connectivity index (χ0) is 6.85. The SMILES string of the molecule is CN1CCC(I)N(C)C1. The van der Waals surface area contributed by atoms with E-state index in [1.807, 2.05) is 0 Å². The molecule has 54 valence electrons. The molecule has 0 aromatic rings.